The summed E-state index contributed by atoms with van der Waals surface area (Å²) in [6, 6.07) is 5.73. The van der Waals surface area contributed by atoms with Crippen LogP contribution in [-0.2, 0) is 0 Å². The molecular weight excluding hydrogens is 279 g/mol. The molecule has 3 aromatic rings. The Kier molecular flexibility index (Phi) is 1.94. The quantitative estimate of drug-likeness (QED) is 0.589. The molecule has 2 heterocycles. The monoisotopic (exact) mass is 282 g/mol. The molecule has 74 valence electrons. The zero-order valence-electron chi connectivity index (χ0n) is 7.37. The van der Waals surface area contributed by atoms with Crippen molar-refractivity contribution in [1.29, 1.82) is 0 Å². The van der Waals surface area contributed by atoms with Crippen LogP contribution in [0.2, 0.25) is 5.15 Å². The highest BCUT2D eigenvalue weighted by atomic mass is 79.9. The van der Waals surface area contributed by atoms with Crippen LogP contribution in [0.4, 0.5) is 0 Å². The minimum absolute atomic E-state index is 0.340. The summed E-state index contributed by atoms with van der Waals surface area (Å²) in [5, 5.41) is 1.27. The van der Waals surface area contributed by atoms with Gasteiger partial charge in [-0.3, -0.25) is 0 Å². The van der Waals surface area contributed by atoms with Crippen LogP contribution in [-0.4, -0.2) is 9.97 Å². The molecule has 3 rings (SSSR count). The van der Waals surface area contributed by atoms with Crippen molar-refractivity contribution in [3.05, 3.63) is 34.2 Å². The van der Waals surface area contributed by atoms with Gasteiger partial charge in [0, 0.05) is 9.86 Å². The van der Waals surface area contributed by atoms with E-state index in [1.165, 1.54) is 6.33 Å². The predicted molar refractivity (Wildman–Crippen MR) is 62.0 cm³/mol. The van der Waals surface area contributed by atoms with Crippen molar-refractivity contribution < 1.29 is 4.42 Å². The first-order valence-corrected chi connectivity index (χ1v) is 5.41. The van der Waals surface area contributed by atoms with Gasteiger partial charge in [-0.15, -0.1) is 0 Å². The molecule has 0 spiro atoms. The summed E-state index contributed by atoms with van der Waals surface area (Å²) in [7, 11) is 0. The maximum atomic E-state index is 5.91. The lowest BCUT2D eigenvalue weighted by Crippen LogP contribution is -1.78. The molecule has 0 radical (unpaired) electrons. The van der Waals surface area contributed by atoms with E-state index in [1.54, 1.807) is 0 Å². The molecule has 0 saturated heterocycles. The molecule has 5 heteroatoms. The number of hydrogen-bond acceptors (Lipinski definition) is 3. The lowest BCUT2D eigenvalue weighted by Gasteiger charge is -1.89. The maximum absolute atomic E-state index is 5.91. The van der Waals surface area contributed by atoms with Crippen molar-refractivity contribution in [1.82, 2.24) is 9.97 Å². The number of rotatable bonds is 0. The van der Waals surface area contributed by atoms with Crippen molar-refractivity contribution in [2.24, 2.45) is 0 Å². The molecule has 0 fully saturated rings. The van der Waals surface area contributed by atoms with E-state index >= 15 is 0 Å². The number of hydrogen-bond donors (Lipinski definition) is 0. The van der Waals surface area contributed by atoms with Gasteiger partial charge in [0.25, 0.3) is 0 Å². The number of fused-ring (bicyclic) bond motifs is 3. The normalized spacial score (nSPS) is 11.3. The summed E-state index contributed by atoms with van der Waals surface area (Å²) in [4.78, 5) is 8.04. The Morgan fingerprint density at radius 1 is 1.27 bits per heavy atom. The van der Waals surface area contributed by atoms with Crippen molar-refractivity contribution in [3.63, 3.8) is 0 Å². The van der Waals surface area contributed by atoms with E-state index in [1.807, 2.05) is 18.2 Å². The summed E-state index contributed by atoms with van der Waals surface area (Å²) in [5.41, 5.74) is 2.04. The summed E-state index contributed by atoms with van der Waals surface area (Å²) < 4.78 is 6.54. The first kappa shape index (κ1) is 9.12. The minimum atomic E-state index is 0.340. The molecule has 0 aliphatic rings. The Bertz CT molecular complexity index is 665. The zero-order chi connectivity index (χ0) is 10.4. The van der Waals surface area contributed by atoms with Gasteiger partial charge in [-0.2, -0.15) is 0 Å². The molecule has 0 aliphatic carbocycles. The number of benzene rings is 1. The summed E-state index contributed by atoms with van der Waals surface area (Å²) in [6.07, 6.45) is 1.43. The van der Waals surface area contributed by atoms with Crippen LogP contribution in [0.25, 0.3) is 22.1 Å². The molecule has 0 atom stereocenters. The van der Waals surface area contributed by atoms with Gasteiger partial charge in [-0.25, -0.2) is 9.97 Å². The van der Waals surface area contributed by atoms with Gasteiger partial charge in [-0.05, 0) is 18.2 Å². The summed E-state index contributed by atoms with van der Waals surface area (Å²) in [5.74, 6) is 0. The highest BCUT2D eigenvalue weighted by molar-refractivity contribution is 9.10. The Morgan fingerprint density at radius 2 is 2.13 bits per heavy atom. The highest BCUT2D eigenvalue weighted by Gasteiger charge is 2.11. The topological polar surface area (TPSA) is 38.9 Å². The smallest absolute Gasteiger partial charge is 0.191 e. The SMILES string of the molecule is Clc1ncnc2c1oc1ccc(Br)cc12. The lowest BCUT2D eigenvalue weighted by atomic mass is 10.2. The fraction of sp³-hybridized carbons (Fsp3) is 0. The third kappa shape index (κ3) is 1.33. The molecule has 1 aromatic carbocycles. The van der Waals surface area contributed by atoms with E-state index in [2.05, 4.69) is 25.9 Å². The molecule has 0 aliphatic heterocycles. The van der Waals surface area contributed by atoms with E-state index in [0.29, 0.717) is 10.7 Å². The van der Waals surface area contributed by atoms with Crippen molar-refractivity contribution in [3.8, 4) is 0 Å². The summed E-state index contributed by atoms with van der Waals surface area (Å²) >= 11 is 9.32. The lowest BCUT2D eigenvalue weighted by molar-refractivity contribution is 0.666. The van der Waals surface area contributed by atoms with E-state index in [-0.39, 0.29) is 0 Å². The zero-order valence-corrected chi connectivity index (χ0v) is 9.71. The second-order valence-electron chi connectivity index (χ2n) is 3.08. The van der Waals surface area contributed by atoms with E-state index in [4.69, 9.17) is 16.0 Å². The average Bonchev–Trinajstić information content (AvgIpc) is 2.58. The Morgan fingerprint density at radius 3 is 3.00 bits per heavy atom. The summed E-state index contributed by atoms with van der Waals surface area (Å²) in [6.45, 7) is 0. The Labute approximate surface area is 98.2 Å². The van der Waals surface area contributed by atoms with E-state index in [9.17, 15) is 0 Å². The van der Waals surface area contributed by atoms with Crippen LogP contribution in [0.15, 0.2) is 33.4 Å². The molecule has 2 aromatic heterocycles. The van der Waals surface area contributed by atoms with Crippen molar-refractivity contribution in [2.75, 3.05) is 0 Å². The van der Waals surface area contributed by atoms with Gasteiger partial charge < -0.3 is 4.42 Å². The fourth-order valence-corrected chi connectivity index (χ4v) is 2.05. The average molecular weight is 284 g/mol. The van der Waals surface area contributed by atoms with Crippen LogP contribution in [0.3, 0.4) is 0 Å². The van der Waals surface area contributed by atoms with Crippen LogP contribution >= 0.6 is 27.5 Å². The minimum Gasteiger partial charge on any atom is -0.451 e. The van der Waals surface area contributed by atoms with Crippen LogP contribution in [0.5, 0.6) is 0 Å². The predicted octanol–water partition coefficient (Wildman–Crippen LogP) is 3.79. The molecule has 0 amide bonds. The Hall–Kier alpha value is -1.13. The van der Waals surface area contributed by atoms with E-state index < -0.39 is 0 Å². The van der Waals surface area contributed by atoms with Gasteiger partial charge in [-0.1, -0.05) is 27.5 Å². The maximum Gasteiger partial charge on any atom is 0.191 e. The third-order valence-electron chi connectivity index (χ3n) is 2.17. The van der Waals surface area contributed by atoms with E-state index in [0.717, 1.165) is 21.0 Å². The number of halogens is 2. The van der Waals surface area contributed by atoms with Crippen LogP contribution in [0.1, 0.15) is 0 Å². The second-order valence-corrected chi connectivity index (χ2v) is 4.36. The molecule has 15 heavy (non-hydrogen) atoms. The second kappa shape index (κ2) is 3.18. The first-order valence-electron chi connectivity index (χ1n) is 4.24. The van der Waals surface area contributed by atoms with Crippen molar-refractivity contribution in [2.45, 2.75) is 0 Å². The first-order chi connectivity index (χ1) is 7.25. The molecule has 0 N–H and O–H groups in total. The third-order valence-corrected chi connectivity index (χ3v) is 2.93. The van der Waals surface area contributed by atoms with Gasteiger partial charge in [0.15, 0.2) is 10.7 Å². The van der Waals surface area contributed by atoms with Crippen LogP contribution < -0.4 is 0 Å². The standard InChI is InChI=1S/C10H4BrClN2O/c11-5-1-2-7-6(3-5)8-9(15-7)10(12)14-4-13-8/h1-4H. The van der Waals surface area contributed by atoms with Gasteiger partial charge in [0.05, 0.1) is 0 Å². The molecule has 3 nitrogen and oxygen atoms in total. The van der Waals surface area contributed by atoms with Gasteiger partial charge >= 0.3 is 0 Å². The fourth-order valence-electron chi connectivity index (χ4n) is 1.52. The highest BCUT2D eigenvalue weighted by Crippen LogP contribution is 2.31. The van der Waals surface area contributed by atoms with Gasteiger partial charge in [0.2, 0.25) is 0 Å². The number of furan rings is 1. The largest absolute Gasteiger partial charge is 0.451 e. The number of nitrogens with zero attached hydrogens (tertiary/aromatic N) is 2. The Balaban J connectivity index is 2.58. The molecule has 0 saturated carbocycles. The molecule has 0 unspecified atom stereocenters. The van der Waals surface area contributed by atoms with Crippen molar-refractivity contribution >= 4 is 49.6 Å². The number of aromatic nitrogens is 2. The molecular formula is C10H4BrClN2O. The molecule has 0 bridgehead atoms. The van der Waals surface area contributed by atoms with Crippen LogP contribution in [0, 0.1) is 0 Å². The van der Waals surface area contributed by atoms with Gasteiger partial charge in [0.1, 0.15) is 17.4 Å².